The molecule has 0 atom stereocenters. The minimum absolute atomic E-state index is 0.110. The van der Waals surface area contributed by atoms with Crippen molar-refractivity contribution in [1.82, 2.24) is 5.32 Å². The highest BCUT2D eigenvalue weighted by atomic mass is 79.9. The number of carboxylic acid groups (broad SMARTS) is 1. The van der Waals surface area contributed by atoms with Gasteiger partial charge in [-0.05, 0) is 82.3 Å². The number of nitro groups is 3. The third-order valence-corrected chi connectivity index (χ3v) is 14.9. The summed E-state index contributed by atoms with van der Waals surface area (Å²) in [5.41, 5.74) is 9.02. The molecule has 93 heavy (non-hydrogen) atoms. The number of rotatable bonds is 16. The van der Waals surface area contributed by atoms with Crippen LogP contribution in [0.2, 0.25) is 0 Å². The van der Waals surface area contributed by atoms with Gasteiger partial charge in [-0.1, -0.05) is 31.9 Å². The van der Waals surface area contributed by atoms with Gasteiger partial charge in [-0.2, -0.15) is 0 Å². The number of carbonyl (C=O) groups is 5. The molecule has 0 bridgehead atoms. The van der Waals surface area contributed by atoms with Gasteiger partial charge in [0.15, 0.2) is 0 Å². The number of halogens is 3. The van der Waals surface area contributed by atoms with Crippen molar-refractivity contribution in [3.8, 4) is 0 Å². The molecule has 0 saturated carbocycles. The van der Waals surface area contributed by atoms with Crippen molar-refractivity contribution in [2.24, 2.45) is 0 Å². The summed E-state index contributed by atoms with van der Waals surface area (Å²) >= 11 is 6.07. The van der Waals surface area contributed by atoms with E-state index in [9.17, 15) is 62.7 Å². The Kier molecular flexibility index (Phi) is 33.3. The summed E-state index contributed by atoms with van der Waals surface area (Å²) in [6.07, 6.45) is 0. The molecule has 0 aromatic heterocycles. The molecule has 4 fully saturated rings. The van der Waals surface area contributed by atoms with E-state index >= 15 is 0 Å². The molecule has 0 aliphatic carbocycles. The standard InChI is InChI=1S/C13H16ClNO5S.C13H16N2O5.C13H18N2O3.C9H8BrNO4.C7H4BrNO4.C4H9NO/c1-2-20-13(16)10-7-11(15-3-5-19-6-4-15)9-12(8-10)21(14,17)18;1-2-20-13(16)10-7-11(9-12(8-10)15(17)18)14-3-5-19-6-4-14;1-2-18-13(16)10-7-11(14)9-12(8-10)15-3-5-17-6-4-15;1-2-15-9(12)6-3-7(10)5-8(4-6)11(13)14;8-5-1-4(7(10)11)2-6(3-5)9(12)13;1-3-6-4-2-5-1/h7-9H,2-6H2,1H3;7-9H,2-6H2,1H3;7-9H,2-6,14H2,1H3;3-5H,2H2,1H3;1-3H,(H,10,11);5H,1-4H2. The highest BCUT2D eigenvalue weighted by Gasteiger charge is 2.23. The zero-order valence-electron chi connectivity index (χ0n) is 51.1. The number of morpholine rings is 4. The van der Waals surface area contributed by atoms with Gasteiger partial charge in [0, 0.05) is 131 Å². The van der Waals surface area contributed by atoms with Crippen molar-refractivity contribution >= 4 is 121 Å². The van der Waals surface area contributed by atoms with Crippen LogP contribution in [0.4, 0.5) is 39.8 Å². The summed E-state index contributed by atoms with van der Waals surface area (Å²) in [7, 11) is 1.47. The molecule has 4 saturated heterocycles. The largest absolute Gasteiger partial charge is 0.478 e. The lowest BCUT2D eigenvalue weighted by atomic mass is 10.1. The fraction of sp³-hybridized carbons (Fsp3) is 0.407. The van der Waals surface area contributed by atoms with Crippen LogP contribution in [0.3, 0.4) is 0 Å². The number of nitrogens with two attached hydrogens (primary N) is 1. The second-order valence-corrected chi connectivity index (χ2v) is 23.6. The third-order valence-electron chi connectivity index (χ3n) is 12.7. The smallest absolute Gasteiger partial charge is 0.338 e. The van der Waals surface area contributed by atoms with E-state index in [0.29, 0.717) is 104 Å². The van der Waals surface area contributed by atoms with Crippen LogP contribution in [-0.2, 0) is 46.9 Å². The minimum atomic E-state index is -3.93. The van der Waals surface area contributed by atoms with E-state index < -0.39 is 47.7 Å². The molecule has 0 radical (unpaired) electrons. The summed E-state index contributed by atoms with van der Waals surface area (Å²) in [6, 6.07) is 21.5. The van der Waals surface area contributed by atoms with Crippen molar-refractivity contribution in [2.75, 3.05) is 152 Å². The Morgan fingerprint density at radius 3 is 1.14 bits per heavy atom. The van der Waals surface area contributed by atoms with Crippen LogP contribution >= 0.6 is 42.5 Å². The maximum absolute atomic E-state index is 11.9. The van der Waals surface area contributed by atoms with Gasteiger partial charge in [-0.3, -0.25) is 30.3 Å². The average molecular weight is 1470 g/mol. The van der Waals surface area contributed by atoms with Crippen LogP contribution < -0.4 is 25.8 Å². The van der Waals surface area contributed by atoms with Crippen LogP contribution in [-0.4, -0.2) is 190 Å². The number of non-ortho nitro benzene ring substituents is 3. The predicted octanol–water partition coefficient (Wildman–Crippen LogP) is 8.71. The second kappa shape index (κ2) is 40.1. The van der Waals surface area contributed by atoms with Crippen molar-refractivity contribution in [1.29, 1.82) is 0 Å². The quantitative estimate of drug-likeness (QED) is 0.0207. The number of nitro benzene ring substituents is 3. The zero-order valence-corrected chi connectivity index (χ0v) is 55.9. The first-order valence-electron chi connectivity index (χ1n) is 28.7. The van der Waals surface area contributed by atoms with Gasteiger partial charge >= 0.3 is 29.8 Å². The third kappa shape index (κ3) is 27.1. The molecule has 5 aromatic rings. The fourth-order valence-electron chi connectivity index (χ4n) is 8.40. The van der Waals surface area contributed by atoms with Crippen LogP contribution in [0.15, 0.2) is 105 Å². The first-order valence-corrected chi connectivity index (χ1v) is 32.6. The Bertz CT molecular complexity index is 3440. The number of anilines is 4. The molecule has 30 nitrogen and oxygen atoms in total. The number of nitrogens with zero attached hydrogens (tertiary/aromatic N) is 6. The highest BCUT2D eigenvalue weighted by Crippen LogP contribution is 2.29. The zero-order chi connectivity index (χ0) is 68.6. The number of esters is 4. The maximum atomic E-state index is 11.9. The van der Waals surface area contributed by atoms with Crippen LogP contribution in [0.25, 0.3) is 0 Å². The van der Waals surface area contributed by atoms with Gasteiger partial charge in [0.05, 0.1) is 127 Å². The molecular formula is C59H71Br2ClN8O22S. The highest BCUT2D eigenvalue weighted by molar-refractivity contribution is 9.10. The van der Waals surface area contributed by atoms with Gasteiger partial charge in [-0.15, -0.1) is 0 Å². The van der Waals surface area contributed by atoms with Gasteiger partial charge in [0.25, 0.3) is 26.1 Å². The van der Waals surface area contributed by atoms with Crippen molar-refractivity contribution in [3.63, 3.8) is 0 Å². The molecule has 4 aliphatic rings. The number of benzene rings is 5. The number of nitrogens with one attached hydrogen (secondary N) is 1. The van der Waals surface area contributed by atoms with E-state index in [1.165, 1.54) is 54.6 Å². The number of hydrogen-bond donors (Lipinski definition) is 3. The van der Waals surface area contributed by atoms with Crippen LogP contribution in [0, 0.1) is 30.3 Å². The Labute approximate surface area is 556 Å². The van der Waals surface area contributed by atoms with E-state index in [1.54, 1.807) is 45.9 Å². The molecule has 4 N–H and O–H groups in total. The molecule has 0 unspecified atom stereocenters. The normalized spacial score (nSPS) is 14.2. The van der Waals surface area contributed by atoms with E-state index in [-0.39, 0.29) is 70.0 Å². The first-order chi connectivity index (χ1) is 44.3. The van der Waals surface area contributed by atoms with Gasteiger partial charge in [0.1, 0.15) is 0 Å². The average Bonchev–Trinajstić information content (AvgIpc) is 0.984. The van der Waals surface area contributed by atoms with Crippen molar-refractivity contribution < 1.29 is 90.2 Å². The Morgan fingerprint density at radius 2 is 0.806 bits per heavy atom. The summed E-state index contributed by atoms with van der Waals surface area (Å²) < 4.78 is 64.3. The van der Waals surface area contributed by atoms with Crippen molar-refractivity contribution in [2.45, 2.75) is 32.6 Å². The number of nitrogen functional groups attached to an aromatic ring is 1. The predicted molar refractivity (Wildman–Crippen MR) is 349 cm³/mol. The second-order valence-electron chi connectivity index (χ2n) is 19.2. The molecule has 5 aromatic carbocycles. The molecule has 506 valence electrons. The molecular weight excluding hydrogens is 1400 g/mol. The maximum Gasteiger partial charge on any atom is 0.338 e. The number of aromatic carboxylic acids is 1. The molecule has 4 aliphatic heterocycles. The van der Waals surface area contributed by atoms with Crippen LogP contribution in [0.5, 0.6) is 0 Å². The summed E-state index contributed by atoms with van der Waals surface area (Å²) in [4.78, 5) is 93.2. The number of hydrogen-bond acceptors (Lipinski definition) is 26. The topological polar surface area (TPSA) is 391 Å². The molecule has 9 rings (SSSR count). The Hall–Kier alpha value is -8.15. The lowest BCUT2D eigenvalue weighted by Gasteiger charge is -2.29. The van der Waals surface area contributed by atoms with E-state index in [2.05, 4.69) is 42.1 Å². The minimum Gasteiger partial charge on any atom is -0.478 e. The molecule has 0 amide bonds. The van der Waals surface area contributed by atoms with Gasteiger partial charge < -0.3 is 68.8 Å². The van der Waals surface area contributed by atoms with E-state index in [0.717, 1.165) is 51.1 Å². The summed E-state index contributed by atoms with van der Waals surface area (Å²) in [6.45, 7) is 19.5. The van der Waals surface area contributed by atoms with Gasteiger partial charge in [0.2, 0.25) is 0 Å². The monoisotopic (exact) mass is 1470 g/mol. The van der Waals surface area contributed by atoms with Crippen LogP contribution in [0.1, 0.15) is 79.5 Å². The molecule has 4 heterocycles. The lowest BCUT2D eigenvalue weighted by molar-refractivity contribution is -0.385. The Morgan fingerprint density at radius 1 is 0.495 bits per heavy atom. The van der Waals surface area contributed by atoms with E-state index in [4.69, 9.17) is 59.4 Å². The van der Waals surface area contributed by atoms with E-state index in [1.807, 2.05) is 21.9 Å². The number of carbonyl (C=O) groups excluding carboxylic acids is 4. The van der Waals surface area contributed by atoms with Crippen molar-refractivity contribution in [3.05, 3.63) is 158 Å². The number of carboxylic acids is 1. The number of ether oxygens (including phenoxy) is 8. The molecule has 34 heteroatoms. The summed E-state index contributed by atoms with van der Waals surface area (Å²) in [5, 5.41) is 43.5. The molecule has 0 spiro atoms. The summed E-state index contributed by atoms with van der Waals surface area (Å²) in [5.74, 6) is -3.22. The first kappa shape index (κ1) is 77.3. The Balaban J connectivity index is 0.000000244. The lowest BCUT2D eigenvalue weighted by Crippen LogP contribution is -2.36. The SMILES string of the molecule is C1COCCN1.CCOC(=O)c1cc(Br)cc([N+](=O)[O-])c1.CCOC(=O)c1cc(N)cc(N2CCOCC2)c1.CCOC(=O)c1cc(N2CCOCC2)cc(S(=O)(=O)Cl)c1.CCOC(=O)c1cc(N2CCOCC2)cc([N+](=O)[O-])c1.O=C(O)c1cc(Br)cc([N+](=O)[O-])c1. The fourth-order valence-corrected chi connectivity index (χ4v) is 10.2. The van der Waals surface area contributed by atoms with Gasteiger partial charge in [-0.25, -0.2) is 32.4 Å².